The zero-order chi connectivity index (χ0) is 11.5. The van der Waals surface area contributed by atoms with Gasteiger partial charge in [0.2, 0.25) is 0 Å². The summed E-state index contributed by atoms with van der Waals surface area (Å²) in [7, 11) is -3.70. The third kappa shape index (κ3) is 3.67. The van der Waals surface area contributed by atoms with Gasteiger partial charge in [0.15, 0.2) is 0 Å². The van der Waals surface area contributed by atoms with Crippen molar-refractivity contribution in [3.63, 3.8) is 0 Å². The van der Waals surface area contributed by atoms with E-state index in [4.69, 9.17) is 0 Å². The highest BCUT2D eigenvalue weighted by Crippen LogP contribution is 2.11. The van der Waals surface area contributed by atoms with E-state index in [9.17, 15) is 13.2 Å². The minimum absolute atomic E-state index is 0.334. The van der Waals surface area contributed by atoms with Crippen molar-refractivity contribution < 1.29 is 17.9 Å². The first-order valence-corrected chi connectivity index (χ1v) is 6.34. The molecule has 0 aromatic carbocycles. The fourth-order valence-electron chi connectivity index (χ4n) is 1.34. The summed E-state index contributed by atoms with van der Waals surface area (Å²) in [6, 6.07) is 0. The molecule has 88 valence electrons. The third-order valence-electron chi connectivity index (χ3n) is 1.96. The molecule has 1 amide bonds. The first-order valence-electron chi connectivity index (χ1n) is 4.90. The van der Waals surface area contributed by atoms with Gasteiger partial charge >= 0.3 is 16.3 Å². The van der Waals surface area contributed by atoms with Crippen LogP contribution in [0.5, 0.6) is 0 Å². The molecular formula is C8H16N2O4S. The van der Waals surface area contributed by atoms with Gasteiger partial charge in [0.05, 0.1) is 6.10 Å². The zero-order valence-corrected chi connectivity index (χ0v) is 9.71. The van der Waals surface area contributed by atoms with Crippen LogP contribution < -0.4 is 4.72 Å². The SMILES string of the molecule is CC(C)OC(=O)NS(=O)(=O)N1CCCC1. The number of rotatable bonds is 3. The predicted molar refractivity (Wildman–Crippen MR) is 54.5 cm³/mol. The molecule has 15 heavy (non-hydrogen) atoms. The van der Waals surface area contributed by atoms with Crippen LogP contribution in [-0.4, -0.2) is 38.0 Å². The molecule has 1 saturated heterocycles. The Kier molecular flexibility index (Phi) is 3.92. The van der Waals surface area contributed by atoms with Crippen LogP contribution in [0, 0.1) is 0 Å². The van der Waals surface area contributed by atoms with Gasteiger partial charge in [-0.15, -0.1) is 0 Å². The molecule has 1 heterocycles. The van der Waals surface area contributed by atoms with Crippen LogP contribution in [0.1, 0.15) is 26.7 Å². The van der Waals surface area contributed by atoms with Crippen LogP contribution in [-0.2, 0) is 14.9 Å². The fraction of sp³-hybridized carbons (Fsp3) is 0.875. The molecule has 1 rings (SSSR count). The second-order valence-electron chi connectivity index (χ2n) is 3.67. The van der Waals surface area contributed by atoms with E-state index in [-0.39, 0.29) is 6.10 Å². The number of hydrogen-bond donors (Lipinski definition) is 1. The quantitative estimate of drug-likeness (QED) is 0.772. The Bertz CT molecular complexity index is 320. The maximum atomic E-state index is 11.5. The number of carbonyl (C=O) groups excluding carboxylic acids is 1. The van der Waals surface area contributed by atoms with Crippen LogP contribution in [0.25, 0.3) is 0 Å². The smallest absolute Gasteiger partial charge is 0.422 e. The monoisotopic (exact) mass is 236 g/mol. The molecule has 0 aliphatic carbocycles. The average molecular weight is 236 g/mol. The summed E-state index contributed by atoms with van der Waals surface area (Å²) in [5.74, 6) is 0. The van der Waals surface area contributed by atoms with Crippen LogP contribution >= 0.6 is 0 Å². The predicted octanol–water partition coefficient (Wildman–Crippen LogP) is 0.462. The van der Waals surface area contributed by atoms with Gasteiger partial charge in [-0.3, -0.25) is 0 Å². The number of nitrogens with zero attached hydrogens (tertiary/aromatic N) is 1. The topological polar surface area (TPSA) is 75.7 Å². The first kappa shape index (κ1) is 12.3. The van der Waals surface area contributed by atoms with E-state index in [0.717, 1.165) is 12.8 Å². The lowest BCUT2D eigenvalue weighted by Crippen LogP contribution is -2.42. The number of hydrogen-bond acceptors (Lipinski definition) is 4. The Morgan fingerprint density at radius 2 is 1.87 bits per heavy atom. The van der Waals surface area contributed by atoms with Gasteiger partial charge in [-0.05, 0) is 26.7 Å². The summed E-state index contributed by atoms with van der Waals surface area (Å²) in [5, 5.41) is 0. The van der Waals surface area contributed by atoms with Gasteiger partial charge in [0.1, 0.15) is 0 Å². The summed E-state index contributed by atoms with van der Waals surface area (Å²) in [5.41, 5.74) is 0. The van der Waals surface area contributed by atoms with Crippen molar-refractivity contribution >= 4 is 16.3 Å². The zero-order valence-electron chi connectivity index (χ0n) is 8.89. The molecule has 0 radical (unpaired) electrons. The summed E-state index contributed by atoms with van der Waals surface area (Å²) in [6.07, 6.45) is 0.413. The van der Waals surface area contributed by atoms with Gasteiger partial charge in [0, 0.05) is 13.1 Å². The molecule has 0 aromatic rings. The highest BCUT2D eigenvalue weighted by atomic mass is 32.2. The Morgan fingerprint density at radius 3 is 2.33 bits per heavy atom. The molecule has 1 fully saturated rings. The standard InChI is InChI=1S/C8H16N2O4S/c1-7(2)14-8(11)9-15(12,13)10-5-3-4-6-10/h7H,3-6H2,1-2H3,(H,9,11). The lowest BCUT2D eigenvalue weighted by atomic mass is 10.4. The number of ether oxygens (including phenoxy) is 1. The largest absolute Gasteiger partial charge is 0.446 e. The van der Waals surface area contributed by atoms with Gasteiger partial charge in [-0.1, -0.05) is 0 Å². The Balaban J connectivity index is 2.52. The summed E-state index contributed by atoms with van der Waals surface area (Å²) in [6.45, 7) is 4.23. The van der Waals surface area contributed by atoms with Crippen molar-refractivity contribution in [3.8, 4) is 0 Å². The molecule has 1 aliphatic heterocycles. The Morgan fingerprint density at radius 1 is 1.33 bits per heavy atom. The molecule has 0 spiro atoms. The summed E-state index contributed by atoms with van der Waals surface area (Å²) in [4.78, 5) is 11.1. The van der Waals surface area contributed by atoms with Gasteiger partial charge in [0.25, 0.3) is 0 Å². The maximum Gasteiger partial charge on any atom is 0.422 e. The second-order valence-corrected chi connectivity index (χ2v) is 5.34. The summed E-state index contributed by atoms with van der Waals surface area (Å²) < 4.78 is 30.9. The van der Waals surface area contributed by atoms with Crippen molar-refractivity contribution in [2.24, 2.45) is 0 Å². The normalized spacial score (nSPS) is 18.1. The highest BCUT2D eigenvalue weighted by molar-refractivity contribution is 7.87. The minimum Gasteiger partial charge on any atom is -0.446 e. The Labute approximate surface area is 89.8 Å². The van der Waals surface area contributed by atoms with Crippen molar-refractivity contribution in [1.29, 1.82) is 0 Å². The van der Waals surface area contributed by atoms with Crippen LogP contribution in [0.15, 0.2) is 0 Å². The molecule has 0 unspecified atom stereocenters. The minimum atomic E-state index is -3.70. The molecule has 0 bridgehead atoms. The second kappa shape index (κ2) is 4.80. The third-order valence-corrected chi connectivity index (χ3v) is 3.43. The van der Waals surface area contributed by atoms with Gasteiger partial charge < -0.3 is 4.74 Å². The van der Waals surface area contributed by atoms with Crippen LogP contribution in [0.3, 0.4) is 0 Å². The van der Waals surface area contributed by atoms with E-state index >= 15 is 0 Å². The molecule has 0 aromatic heterocycles. The van der Waals surface area contributed by atoms with E-state index in [1.165, 1.54) is 4.31 Å². The molecule has 1 aliphatic rings. The van der Waals surface area contributed by atoms with E-state index < -0.39 is 16.3 Å². The number of nitrogens with one attached hydrogen (secondary N) is 1. The average Bonchev–Trinajstić information content (AvgIpc) is 2.51. The fourth-order valence-corrected chi connectivity index (χ4v) is 2.46. The van der Waals surface area contributed by atoms with Crippen LogP contribution in [0.2, 0.25) is 0 Å². The molecule has 1 N–H and O–H groups in total. The molecule has 0 atom stereocenters. The van der Waals surface area contributed by atoms with E-state index in [0.29, 0.717) is 13.1 Å². The first-order chi connectivity index (χ1) is 6.92. The molecule has 0 saturated carbocycles. The molecule has 6 nitrogen and oxygen atoms in total. The van der Waals surface area contributed by atoms with Crippen LogP contribution in [0.4, 0.5) is 4.79 Å². The van der Waals surface area contributed by atoms with E-state index in [2.05, 4.69) is 4.74 Å². The highest BCUT2D eigenvalue weighted by Gasteiger charge is 2.27. The Hall–Kier alpha value is -0.820. The summed E-state index contributed by atoms with van der Waals surface area (Å²) >= 11 is 0. The number of carbonyl (C=O) groups is 1. The van der Waals surface area contributed by atoms with Crippen molar-refractivity contribution in [2.45, 2.75) is 32.8 Å². The number of amides is 1. The lowest BCUT2D eigenvalue weighted by molar-refractivity contribution is 0.121. The van der Waals surface area contributed by atoms with Gasteiger partial charge in [-0.2, -0.15) is 12.7 Å². The maximum absolute atomic E-state index is 11.5. The molecule has 7 heteroatoms. The molecular weight excluding hydrogens is 220 g/mol. The van der Waals surface area contributed by atoms with E-state index in [1.54, 1.807) is 13.8 Å². The van der Waals surface area contributed by atoms with Crippen molar-refractivity contribution in [2.75, 3.05) is 13.1 Å². The van der Waals surface area contributed by atoms with Crippen molar-refractivity contribution in [1.82, 2.24) is 9.03 Å². The van der Waals surface area contributed by atoms with Crippen molar-refractivity contribution in [3.05, 3.63) is 0 Å². The van der Waals surface area contributed by atoms with E-state index in [1.807, 2.05) is 4.72 Å². The lowest BCUT2D eigenvalue weighted by Gasteiger charge is -2.16. The van der Waals surface area contributed by atoms with Gasteiger partial charge in [-0.25, -0.2) is 9.52 Å².